The number of rotatable bonds is 2. The third-order valence-electron chi connectivity index (χ3n) is 3.30. The maximum absolute atomic E-state index is 12.4. The molecule has 0 N–H and O–H groups in total. The number of carbonyl (C=O) groups excluding carboxylic acids is 1. The molecule has 17 heavy (non-hydrogen) atoms. The van der Waals surface area contributed by atoms with E-state index in [9.17, 15) is 4.79 Å². The molecule has 1 atom stereocenters. The van der Waals surface area contributed by atoms with Gasteiger partial charge in [0.1, 0.15) is 11.3 Å². The maximum Gasteiger partial charge on any atom is 0.259 e. The molecule has 1 aromatic rings. The second-order valence-electron chi connectivity index (χ2n) is 4.45. The van der Waals surface area contributed by atoms with Gasteiger partial charge in [-0.05, 0) is 19.8 Å². The fraction of sp³-hybridized carbons (Fsp3) is 0.667. The zero-order chi connectivity index (χ0) is 12.3. The summed E-state index contributed by atoms with van der Waals surface area (Å²) in [5, 5.41) is 4.51. The fourth-order valence-electron chi connectivity index (χ4n) is 2.26. The van der Waals surface area contributed by atoms with Crippen LogP contribution >= 0.6 is 15.9 Å². The molecule has 2 heterocycles. The van der Waals surface area contributed by atoms with Crippen LogP contribution in [0.5, 0.6) is 0 Å². The van der Waals surface area contributed by atoms with Gasteiger partial charge in [0.25, 0.3) is 5.91 Å². The van der Waals surface area contributed by atoms with Gasteiger partial charge in [0.2, 0.25) is 0 Å². The number of nitrogens with zero attached hydrogens (tertiary/aromatic N) is 2. The van der Waals surface area contributed by atoms with E-state index < -0.39 is 0 Å². The number of carbonyl (C=O) groups is 1. The van der Waals surface area contributed by atoms with Crippen molar-refractivity contribution in [1.82, 2.24) is 10.1 Å². The van der Waals surface area contributed by atoms with Crippen LogP contribution in [0.2, 0.25) is 0 Å². The van der Waals surface area contributed by atoms with Crippen LogP contribution in [0.4, 0.5) is 0 Å². The summed E-state index contributed by atoms with van der Waals surface area (Å²) in [5.41, 5.74) is 0.595. The van der Waals surface area contributed by atoms with Gasteiger partial charge in [-0.3, -0.25) is 4.79 Å². The minimum Gasteiger partial charge on any atom is -0.361 e. The number of hydrogen-bond donors (Lipinski definition) is 0. The highest BCUT2D eigenvalue weighted by molar-refractivity contribution is 9.09. The van der Waals surface area contributed by atoms with Crippen LogP contribution in [0.15, 0.2) is 10.7 Å². The molecular weight excluding hydrogens is 284 g/mol. The Morgan fingerprint density at radius 3 is 3.06 bits per heavy atom. The van der Waals surface area contributed by atoms with E-state index in [1.807, 2.05) is 4.90 Å². The van der Waals surface area contributed by atoms with Gasteiger partial charge in [0, 0.05) is 17.9 Å². The molecule has 94 valence electrons. The summed E-state index contributed by atoms with van der Waals surface area (Å²) >= 11 is 3.50. The Hall–Kier alpha value is -0.840. The number of halogens is 1. The summed E-state index contributed by atoms with van der Waals surface area (Å²) < 4.78 is 4.97. The highest BCUT2D eigenvalue weighted by atomic mass is 79.9. The van der Waals surface area contributed by atoms with E-state index in [1.165, 1.54) is 19.0 Å². The SMILES string of the molecule is Cc1oncc1C(=O)N1CCCCCC1CBr. The number of alkyl halides is 1. The maximum atomic E-state index is 12.4. The third-order valence-corrected chi connectivity index (χ3v) is 4.04. The molecule has 0 aliphatic carbocycles. The summed E-state index contributed by atoms with van der Waals surface area (Å²) in [4.78, 5) is 14.4. The van der Waals surface area contributed by atoms with Gasteiger partial charge in [-0.1, -0.05) is 33.9 Å². The van der Waals surface area contributed by atoms with E-state index in [2.05, 4.69) is 21.1 Å². The van der Waals surface area contributed by atoms with E-state index in [0.717, 1.165) is 24.7 Å². The monoisotopic (exact) mass is 300 g/mol. The van der Waals surface area contributed by atoms with Crippen molar-refractivity contribution in [3.8, 4) is 0 Å². The Kier molecular flexibility index (Phi) is 4.20. The molecule has 0 aromatic carbocycles. The normalized spacial score (nSPS) is 21.3. The zero-order valence-corrected chi connectivity index (χ0v) is 11.6. The smallest absolute Gasteiger partial charge is 0.259 e. The quantitative estimate of drug-likeness (QED) is 0.789. The molecular formula is C12H17BrN2O2. The molecule has 1 amide bonds. The minimum atomic E-state index is 0.0510. The average Bonchev–Trinajstić information content (AvgIpc) is 2.64. The molecule has 1 saturated heterocycles. The van der Waals surface area contributed by atoms with Crippen LogP contribution in [0.25, 0.3) is 0 Å². The first kappa shape index (κ1) is 12.6. The zero-order valence-electron chi connectivity index (χ0n) is 9.99. The molecule has 1 unspecified atom stereocenters. The van der Waals surface area contributed by atoms with Crippen LogP contribution in [0.3, 0.4) is 0 Å². The largest absolute Gasteiger partial charge is 0.361 e. The van der Waals surface area contributed by atoms with Crippen molar-refractivity contribution in [2.45, 2.75) is 38.6 Å². The van der Waals surface area contributed by atoms with Crippen LogP contribution in [-0.2, 0) is 0 Å². The van der Waals surface area contributed by atoms with Gasteiger partial charge >= 0.3 is 0 Å². The molecule has 0 radical (unpaired) electrons. The molecule has 1 aromatic heterocycles. The number of hydrogen-bond acceptors (Lipinski definition) is 3. The van der Waals surface area contributed by atoms with Crippen molar-refractivity contribution < 1.29 is 9.32 Å². The molecule has 2 rings (SSSR count). The first-order valence-corrected chi connectivity index (χ1v) is 7.14. The van der Waals surface area contributed by atoms with E-state index in [-0.39, 0.29) is 5.91 Å². The number of aryl methyl sites for hydroxylation is 1. The fourth-order valence-corrected chi connectivity index (χ4v) is 2.94. The standard InChI is InChI=1S/C12H17BrN2O2/c1-9-11(8-14-17-9)12(16)15-6-4-2-3-5-10(15)7-13/h8,10H,2-7H2,1H3. The summed E-state index contributed by atoms with van der Waals surface area (Å²) in [6.07, 6.45) is 6.08. The highest BCUT2D eigenvalue weighted by Crippen LogP contribution is 2.21. The van der Waals surface area contributed by atoms with E-state index in [1.54, 1.807) is 6.92 Å². The number of aromatic nitrogens is 1. The first-order chi connectivity index (χ1) is 8.24. The lowest BCUT2D eigenvalue weighted by atomic mass is 10.1. The Bertz CT molecular complexity index is 392. The van der Waals surface area contributed by atoms with Gasteiger partial charge in [-0.2, -0.15) is 0 Å². The van der Waals surface area contributed by atoms with Crippen LogP contribution in [0, 0.1) is 6.92 Å². The van der Waals surface area contributed by atoms with Crippen molar-refractivity contribution >= 4 is 21.8 Å². The third kappa shape index (κ3) is 2.70. The Morgan fingerprint density at radius 2 is 2.41 bits per heavy atom. The van der Waals surface area contributed by atoms with Crippen molar-refractivity contribution in [3.05, 3.63) is 17.5 Å². The minimum absolute atomic E-state index is 0.0510. The Morgan fingerprint density at radius 1 is 1.59 bits per heavy atom. The van der Waals surface area contributed by atoms with Crippen molar-refractivity contribution in [2.75, 3.05) is 11.9 Å². The molecule has 4 nitrogen and oxygen atoms in total. The Balaban J connectivity index is 2.18. The van der Waals surface area contributed by atoms with Gasteiger partial charge in [0.15, 0.2) is 0 Å². The lowest BCUT2D eigenvalue weighted by Crippen LogP contribution is -2.41. The van der Waals surface area contributed by atoms with E-state index >= 15 is 0 Å². The predicted molar refractivity (Wildman–Crippen MR) is 68.3 cm³/mol. The average molecular weight is 301 g/mol. The summed E-state index contributed by atoms with van der Waals surface area (Å²) in [6, 6.07) is 0.291. The Labute approximate surface area is 109 Å². The summed E-state index contributed by atoms with van der Waals surface area (Å²) in [5.74, 6) is 0.655. The topological polar surface area (TPSA) is 46.3 Å². The van der Waals surface area contributed by atoms with Gasteiger partial charge in [-0.25, -0.2) is 0 Å². The van der Waals surface area contributed by atoms with E-state index in [0.29, 0.717) is 17.4 Å². The lowest BCUT2D eigenvalue weighted by molar-refractivity contribution is 0.0700. The van der Waals surface area contributed by atoms with Gasteiger partial charge in [0.05, 0.1) is 6.20 Å². The van der Waals surface area contributed by atoms with Crippen molar-refractivity contribution in [3.63, 3.8) is 0 Å². The highest BCUT2D eigenvalue weighted by Gasteiger charge is 2.27. The summed E-state index contributed by atoms with van der Waals surface area (Å²) in [7, 11) is 0. The molecule has 1 fully saturated rings. The summed E-state index contributed by atoms with van der Waals surface area (Å²) in [6.45, 7) is 2.61. The van der Waals surface area contributed by atoms with E-state index in [4.69, 9.17) is 4.52 Å². The van der Waals surface area contributed by atoms with Crippen molar-refractivity contribution in [2.24, 2.45) is 0 Å². The first-order valence-electron chi connectivity index (χ1n) is 6.02. The molecule has 1 aliphatic rings. The number of likely N-dealkylation sites (tertiary alicyclic amines) is 1. The van der Waals surface area contributed by atoms with Crippen LogP contribution in [-0.4, -0.2) is 33.9 Å². The van der Waals surface area contributed by atoms with Gasteiger partial charge in [-0.15, -0.1) is 0 Å². The predicted octanol–water partition coefficient (Wildman–Crippen LogP) is 2.76. The molecule has 0 bridgehead atoms. The molecule has 5 heteroatoms. The molecule has 0 spiro atoms. The second kappa shape index (κ2) is 5.67. The second-order valence-corrected chi connectivity index (χ2v) is 5.10. The lowest BCUT2D eigenvalue weighted by Gasteiger charge is -2.28. The van der Waals surface area contributed by atoms with Gasteiger partial charge < -0.3 is 9.42 Å². The van der Waals surface area contributed by atoms with Crippen molar-refractivity contribution in [1.29, 1.82) is 0 Å². The van der Waals surface area contributed by atoms with Crippen LogP contribution in [0.1, 0.15) is 41.8 Å². The molecule has 1 aliphatic heterocycles. The molecule has 0 saturated carbocycles. The van der Waals surface area contributed by atoms with Crippen LogP contribution < -0.4 is 0 Å². The number of amides is 1.